The van der Waals surface area contributed by atoms with Gasteiger partial charge in [0, 0.05) is 30.6 Å². The topological polar surface area (TPSA) is 130 Å². The molecule has 0 heterocycles. The van der Waals surface area contributed by atoms with Crippen LogP contribution in [0.3, 0.4) is 0 Å². The second-order valence-corrected chi connectivity index (χ2v) is 11.2. The SMILES string of the molecule is CCCC(=O)O[C@H]1C(C)=C[C@]23C(=O)[C@@H](C=C(CO)[C@@H](O)[C@]12O)[C@@H]1C(C)(C)[C@]1(OC(C)=O)C[C@H]3C. The predicted octanol–water partition coefficient (Wildman–Crippen LogP) is 1.85. The summed E-state index contributed by atoms with van der Waals surface area (Å²) in [6.07, 6.45) is 1.26. The summed E-state index contributed by atoms with van der Waals surface area (Å²) in [6, 6.07) is 0. The van der Waals surface area contributed by atoms with Crippen molar-refractivity contribution in [2.75, 3.05) is 6.61 Å². The average molecular weight is 477 g/mol. The number of Topliss-reactive ketones (excluding diaryl/α,β-unsaturated/α-hetero) is 1. The number of aliphatic hydroxyl groups excluding tert-OH is 2. The third-order valence-corrected chi connectivity index (χ3v) is 9.05. The van der Waals surface area contributed by atoms with Crippen LogP contribution in [0.5, 0.6) is 0 Å². The zero-order valence-electron chi connectivity index (χ0n) is 20.8. The van der Waals surface area contributed by atoms with Crippen molar-refractivity contribution in [1.29, 1.82) is 0 Å². The van der Waals surface area contributed by atoms with E-state index in [9.17, 15) is 29.7 Å². The van der Waals surface area contributed by atoms with Crippen LogP contribution in [0, 0.1) is 28.6 Å². The molecular formula is C26H36O8. The summed E-state index contributed by atoms with van der Waals surface area (Å²) in [7, 11) is 0. The molecule has 8 heteroatoms. The molecule has 0 unspecified atom stereocenters. The number of allylic oxidation sites excluding steroid dienone is 1. The van der Waals surface area contributed by atoms with Gasteiger partial charge in [0.25, 0.3) is 0 Å². The van der Waals surface area contributed by atoms with E-state index in [2.05, 4.69) is 0 Å². The van der Waals surface area contributed by atoms with Crippen molar-refractivity contribution in [1.82, 2.24) is 0 Å². The van der Waals surface area contributed by atoms with Gasteiger partial charge in [0.05, 0.1) is 12.0 Å². The van der Waals surface area contributed by atoms with Crippen LogP contribution in [0.15, 0.2) is 23.3 Å². The minimum Gasteiger partial charge on any atom is -0.458 e. The van der Waals surface area contributed by atoms with Crippen LogP contribution in [-0.4, -0.2) is 63.1 Å². The number of aliphatic hydroxyl groups is 3. The molecule has 0 aliphatic heterocycles. The van der Waals surface area contributed by atoms with E-state index in [1.165, 1.54) is 13.0 Å². The van der Waals surface area contributed by atoms with Gasteiger partial charge in [0.2, 0.25) is 0 Å². The fraction of sp³-hybridized carbons (Fsp3) is 0.731. The Hall–Kier alpha value is -2.03. The van der Waals surface area contributed by atoms with Crippen LogP contribution in [0.25, 0.3) is 0 Å². The number of esters is 2. The van der Waals surface area contributed by atoms with Crippen LogP contribution in [0.4, 0.5) is 0 Å². The summed E-state index contributed by atoms with van der Waals surface area (Å²) >= 11 is 0. The van der Waals surface area contributed by atoms with Crippen molar-refractivity contribution < 1.29 is 39.2 Å². The van der Waals surface area contributed by atoms with Crippen LogP contribution >= 0.6 is 0 Å². The first-order valence-electron chi connectivity index (χ1n) is 12.1. The smallest absolute Gasteiger partial charge is 0.306 e. The molecule has 2 fully saturated rings. The summed E-state index contributed by atoms with van der Waals surface area (Å²) in [5.41, 5.74) is -4.69. The number of hydrogen-bond donors (Lipinski definition) is 3. The van der Waals surface area contributed by atoms with Gasteiger partial charge in [0.1, 0.15) is 11.7 Å². The molecule has 0 amide bonds. The van der Waals surface area contributed by atoms with Crippen LogP contribution in [0.2, 0.25) is 0 Å². The lowest BCUT2D eigenvalue weighted by Crippen LogP contribution is -2.66. The molecule has 2 saturated carbocycles. The molecule has 34 heavy (non-hydrogen) atoms. The van der Waals surface area contributed by atoms with Crippen molar-refractivity contribution in [3.63, 3.8) is 0 Å². The van der Waals surface area contributed by atoms with Gasteiger partial charge in [-0.05, 0) is 36.8 Å². The zero-order valence-corrected chi connectivity index (χ0v) is 20.8. The molecule has 4 aliphatic carbocycles. The molecule has 0 aromatic carbocycles. The van der Waals surface area contributed by atoms with Gasteiger partial charge in [-0.1, -0.05) is 39.8 Å². The molecule has 2 bridgehead atoms. The summed E-state index contributed by atoms with van der Waals surface area (Å²) in [5, 5.41) is 33.9. The minimum atomic E-state index is -2.21. The van der Waals surface area contributed by atoms with Crippen molar-refractivity contribution in [3.8, 4) is 0 Å². The molecule has 8 atom stereocenters. The Morgan fingerprint density at radius 2 is 1.91 bits per heavy atom. The Morgan fingerprint density at radius 1 is 1.26 bits per heavy atom. The Labute approximate surface area is 200 Å². The number of carbonyl (C=O) groups is 3. The monoisotopic (exact) mass is 476 g/mol. The Balaban J connectivity index is 1.94. The molecule has 8 nitrogen and oxygen atoms in total. The highest BCUT2D eigenvalue weighted by Crippen LogP contribution is 2.75. The van der Waals surface area contributed by atoms with Gasteiger partial charge in [0.15, 0.2) is 17.5 Å². The molecule has 1 spiro atoms. The summed E-state index contributed by atoms with van der Waals surface area (Å²) in [6.45, 7) is 9.96. The number of carbonyl (C=O) groups excluding carboxylic acids is 3. The van der Waals surface area contributed by atoms with Crippen LogP contribution < -0.4 is 0 Å². The van der Waals surface area contributed by atoms with E-state index in [4.69, 9.17) is 9.47 Å². The Kier molecular flexibility index (Phi) is 5.70. The van der Waals surface area contributed by atoms with Gasteiger partial charge in [-0.3, -0.25) is 14.4 Å². The number of hydrogen-bond acceptors (Lipinski definition) is 8. The average Bonchev–Trinajstić information content (AvgIpc) is 3.13. The molecule has 0 radical (unpaired) electrons. The lowest BCUT2D eigenvalue weighted by atomic mass is 9.59. The zero-order chi connectivity index (χ0) is 25.4. The summed E-state index contributed by atoms with van der Waals surface area (Å²) in [5.74, 6) is -3.06. The Morgan fingerprint density at radius 3 is 2.47 bits per heavy atom. The maximum Gasteiger partial charge on any atom is 0.306 e. The van der Waals surface area contributed by atoms with Crippen LogP contribution in [-0.2, 0) is 23.9 Å². The molecule has 3 N–H and O–H groups in total. The first-order valence-corrected chi connectivity index (χ1v) is 12.1. The maximum atomic E-state index is 14.4. The van der Waals surface area contributed by atoms with E-state index < -0.39 is 64.6 Å². The van der Waals surface area contributed by atoms with E-state index in [0.29, 0.717) is 18.4 Å². The summed E-state index contributed by atoms with van der Waals surface area (Å²) in [4.78, 5) is 39.0. The number of fused-ring (bicyclic) bond motifs is 3. The van der Waals surface area contributed by atoms with E-state index >= 15 is 0 Å². The highest BCUT2D eigenvalue weighted by Gasteiger charge is 2.83. The highest BCUT2D eigenvalue weighted by molar-refractivity contribution is 5.96. The lowest BCUT2D eigenvalue weighted by Gasteiger charge is -2.49. The normalized spacial score (nSPS) is 44.0. The van der Waals surface area contributed by atoms with Gasteiger partial charge >= 0.3 is 11.9 Å². The Bertz CT molecular complexity index is 995. The van der Waals surface area contributed by atoms with Gasteiger partial charge in [-0.25, -0.2) is 0 Å². The summed E-state index contributed by atoms with van der Waals surface area (Å²) < 4.78 is 11.6. The number of ketones is 1. The van der Waals surface area contributed by atoms with Crippen LogP contribution in [0.1, 0.15) is 60.8 Å². The van der Waals surface area contributed by atoms with Gasteiger partial charge in [-0.2, -0.15) is 0 Å². The largest absolute Gasteiger partial charge is 0.458 e. The molecular weight excluding hydrogens is 440 g/mol. The minimum absolute atomic E-state index is 0.0934. The number of rotatable bonds is 5. The van der Waals surface area contributed by atoms with E-state index in [1.54, 1.807) is 19.9 Å². The van der Waals surface area contributed by atoms with E-state index in [0.717, 1.165) is 0 Å². The second-order valence-electron chi connectivity index (χ2n) is 11.2. The predicted molar refractivity (Wildman–Crippen MR) is 121 cm³/mol. The highest BCUT2D eigenvalue weighted by atomic mass is 16.6. The van der Waals surface area contributed by atoms with Gasteiger partial charge in [-0.15, -0.1) is 0 Å². The standard InChI is InChI=1S/C26H36O8/c1-7-8-18(29)33-22-13(2)10-24-14(3)11-25(34-15(4)28)19(23(25,5)6)17(21(24)31)9-16(12-27)20(30)26(22,24)32/h9-10,14,17,19-20,22,27,30,32H,7-8,11-12H2,1-6H3/t14-,17+,19-,20-,22+,24+,25+,26+/m1/s1. The maximum absolute atomic E-state index is 14.4. The molecule has 188 valence electrons. The second kappa shape index (κ2) is 7.73. The quantitative estimate of drug-likeness (QED) is 0.405. The fourth-order valence-corrected chi connectivity index (χ4v) is 7.54. The lowest BCUT2D eigenvalue weighted by molar-refractivity contribution is -0.204. The molecule has 0 saturated heterocycles. The fourth-order valence-electron chi connectivity index (χ4n) is 7.54. The van der Waals surface area contributed by atoms with E-state index in [-0.39, 0.29) is 23.7 Å². The number of ether oxygens (including phenoxy) is 2. The van der Waals surface area contributed by atoms with Crippen molar-refractivity contribution in [3.05, 3.63) is 23.3 Å². The first kappa shape index (κ1) is 25.1. The van der Waals surface area contributed by atoms with Gasteiger partial charge < -0.3 is 24.8 Å². The first-order chi connectivity index (χ1) is 15.8. The molecule has 0 aromatic heterocycles. The molecule has 4 rings (SSSR count). The van der Waals surface area contributed by atoms with Crippen molar-refractivity contribution in [2.45, 2.75) is 84.2 Å². The van der Waals surface area contributed by atoms with Crippen molar-refractivity contribution >= 4 is 17.7 Å². The molecule has 4 aliphatic rings. The van der Waals surface area contributed by atoms with Crippen molar-refractivity contribution in [2.24, 2.45) is 28.6 Å². The van der Waals surface area contributed by atoms with E-state index in [1.807, 2.05) is 20.8 Å². The third kappa shape index (κ3) is 2.85. The third-order valence-electron chi connectivity index (χ3n) is 9.05. The molecule has 0 aromatic rings.